The molecule has 0 aliphatic rings. The average Bonchev–Trinajstić information content (AvgIpc) is 2.05. The first-order valence-corrected chi connectivity index (χ1v) is 5.08. The van der Waals surface area contributed by atoms with Crippen LogP contribution in [-0.2, 0) is 4.79 Å². The van der Waals surface area contributed by atoms with Gasteiger partial charge in [-0.3, -0.25) is 4.79 Å². The molecule has 0 saturated carbocycles. The predicted molar refractivity (Wildman–Crippen MR) is 53.2 cm³/mol. The van der Waals surface area contributed by atoms with E-state index in [2.05, 4.69) is 13.8 Å². The first-order chi connectivity index (χ1) is 5.54. The lowest BCUT2D eigenvalue weighted by Gasteiger charge is -2.20. The van der Waals surface area contributed by atoms with E-state index >= 15 is 0 Å². The number of ketones is 1. The second-order valence-electron chi connectivity index (χ2n) is 4.12. The van der Waals surface area contributed by atoms with Crippen molar-refractivity contribution in [3.8, 4) is 0 Å². The van der Waals surface area contributed by atoms with Gasteiger partial charge in [-0.05, 0) is 12.8 Å². The van der Waals surface area contributed by atoms with Crippen molar-refractivity contribution in [2.24, 2.45) is 5.41 Å². The molecule has 72 valence electrons. The van der Waals surface area contributed by atoms with Gasteiger partial charge in [0.1, 0.15) is 5.78 Å². The molecule has 0 fully saturated rings. The lowest BCUT2D eigenvalue weighted by Crippen LogP contribution is -2.22. The minimum atomic E-state index is -0.0895. The van der Waals surface area contributed by atoms with E-state index in [1.165, 1.54) is 12.8 Å². The molecule has 0 N–H and O–H groups in total. The molecular formula is C11H22O. The minimum absolute atomic E-state index is 0.0895. The van der Waals surface area contributed by atoms with Gasteiger partial charge in [-0.1, -0.05) is 40.5 Å². The van der Waals surface area contributed by atoms with E-state index in [-0.39, 0.29) is 5.41 Å². The lowest BCUT2D eigenvalue weighted by molar-refractivity contribution is -0.127. The number of hydrogen-bond donors (Lipinski definition) is 0. The van der Waals surface area contributed by atoms with E-state index in [0.29, 0.717) is 5.78 Å². The third-order valence-electron chi connectivity index (χ3n) is 2.65. The largest absolute Gasteiger partial charge is 0.299 e. The highest BCUT2D eigenvalue weighted by atomic mass is 16.1. The molecule has 0 heterocycles. The number of carbonyl (C=O) groups excluding carboxylic acids is 1. The van der Waals surface area contributed by atoms with Crippen molar-refractivity contribution in [1.82, 2.24) is 0 Å². The number of carbonyl (C=O) groups is 1. The standard InChI is InChI=1S/C11H22O/c1-5-7-8-9-10(12)11(3,4)6-2/h5-9H2,1-4H3. The van der Waals surface area contributed by atoms with Crippen molar-refractivity contribution in [3.63, 3.8) is 0 Å². The summed E-state index contributed by atoms with van der Waals surface area (Å²) in [5, 5.41) is 0. The smallest absolute Gasteiger partial charge is 0.138 e. The molecule has 0 bridgehead atoms. The molecule has 0 spiro atoms. The van der Waals surface area contributed by atoms with Gasteiger partial charge in [0.25, 0.3) is 0 Å². The minimum Gasteiger partial charge on any atom is -0.299 e. The quantitative estimate of drug-likeness (QED) is 0.557. The van der Waals surface area contributed by atoms with Gasteiger partial charge in [0, 0.05) is 11.8 Å². The molecule has 0 aromatic carbocycles. The van der Waals surface area contributed by atoms with E-state index in [4.69, 9.17) is 0 Å². The Labute approximate surface area is 76.6 Å². The highest BCUT2D eigenvalue weighted by Crippen LogP contribution is 2.23. The van der Waals surface area contributed by atoms with Crippen LogP contribution in [0.15, 0.2) is 0 Å². The maximum Gasteiger partial charge on any atom is 0.138 e. The van der Waals surface area contributed by atoms with Crippen molar-refractivity contribution in [2.45, 2.75) is 59.8 Å². The fourth-order valence-electron chi connectivity index (χ4n) is 1.07. The predicted octanol–water partition coefficient (Wildman–Crippen LogP) is 3.57. The Kier molecular flexibility index (Phi) is 5.19. The molecule has 0 saturated heterocycles. The highest BCUT2D eigenvalue weighted by Gasteiger charge is 2.23. The summed E-state index contributed by atoms with van der Waals surface area (Å²) in [5.41, 5.74) is -0.0895. The molecule has 0 radical (unpaired) electrons. The molecule has 1 heteroatoms. The summed E-state index contributed by atoms with van der Waals surface area (Å²) < 4.78 is 0. The third kappa shape index (κ3) is 3.89. The van der Waals surface area contributed by atoms with E-state index in [0.717, 1.165) is 19.3 Å². The summed E-state index contributed by atoms with van der Waals surface area (Å²) in [6.07, 6.45) is 5.18. The first-order valence-electron chi connectivity index (χ1n) is 5.08. The van der Waals surface area contributed by atoms with Gasteiger partial charge in [-0.2, -0.15) is 0 Å². The van der Waals surface area contributed by atoms with Crippen LogP contribution in [-0.4, -0.2) is 5.78 Å². The molecule has 0 aliphatic heterocycles. The SMILES string of the molecule is CCCCCC(=O)C(C)(C)CC. The summed E-state index contributed by atoms with van der Waals surface area (Å²) in [5.74, 6) is 0.429. The van der Waals surface area contributed by atoms with Gasteiger partial charge >= 0.3 is 0 Å². The Balaban J connectivity index is 3.72. The molecule has 0 aromatic heterocycles. The topological polar surface area (TPSA) is 17.1 Å². The second kappa shape index (κ2) is 5.34. The Morgan fingerprint density at radius 2 is 1.75 bits per heavy atom. The Hall–Kier alpha value is -0.330. The Bertz CT molecular complexity index is 136. The molecule has 0 aromatic rings. The van der Waals surface area contributed by atoms with Crippen molar-refractivity contribution in [1.29, 1.82) is 0 Å². The van der Waals surface area contributed by atoms with Gasteiger partial charge in [0.15, 0.2) is 0 Å². The Morgan fingerprint density at radius 1 is 1.17 bits per heavy atom. The number of rotatable bonds is 6. The van der Waals surface area contributed by atoms with Crippen LogP contribution in [0.3, 0.4) is 0 Å². The maximum atomic E-state index is 11.6. The van der Waals surface area contributed by atoms with Crippen LogP contribution >= 0.6 is 0 Å². The zero-order chi connectivity index (χ0) is 9.61. The summed E-state index contributed by atoms with van der Waals surface area (Å²) in [4.78, 5) is 11.6. The molecule has 0 atom stereocenters. The fourth-order valence-corrected chi connectivity index (χ4v) is 1.07. The summed E-state index contributed by atoms with van der Waals surface area (Å²) in [7, 11) is 0. The van der Waals surface area contributed by atoms with Crippen molar-refractivity contribution in [3.05, 3.63) is 0 Å². The van der Waals surface area contributed by atoms with E-state index < -0.39 is 0 Å². The molecule has 1 nitrogen and oxygen atoms in total. The van der Waals surface area contributed by atoms with Gasteiger partial charge in [0.2, 0.25) is 0 Å². The summed E-state index contributed by atoms with van der Waals surface area (Å²) in [6, 6.07) is 0. The summed E-state index contributed by atoms with van der Waals surface area (Å²) >= 11 is 0. The average molecular weight is 170 g/mol. The van der Waals surface area contributed by atoms with E-state index in [1.807, 2.05) is 13.8 Å². The molecule has 0 unspecified atom stereocenters. The molecular weight excluding hydrogens is 148 g/mol. The van der Waals surface area contributed by atoms with Crippen LogP contribution in [0.25, 0.3) is 0 Å². The van der Waals surface area contributed by atoms with Crippen molar-refractivity contribution < 1.29 is 4.79 Å². The van der Waals surface area contributed by atoms with Crippen LogP contribution in [0.1, 0.15) is 59.8 Å². The van der Waals surface area contributed by atoms with Crippen LogP contribution < -0.4 is 0 Å². The number of hydrogen-bond acceptors (Lipinski definition) is 1. The zero-order valence-corrected chi connectivity index (χ0v) is 8.94. The van der Waals surface area contributed by atoms with Crippen molar-refractivity contribution >= 4 is 5.78 Å². The number of unbranched alkanes of at least 4 members (excludes halogenated alkanes) is 2. The number of Topliss-reactive ketones (excluding diaryl/α,β-unsaturated/α-hetero) is 1. The molecule has 0 rings (SSSR count). The van der Waals surface area contributed by atoms with Crippen LogP contribution in [0.5, 0.6) is 0 Å². The van der Waals surface area contributed by atoms with Crippen LogP contribution in [0.2, 0.25) is 0 Å². The molecule has 12 heavy (non-hydrogen) atoms. The molecule has 0 aliphatic carbocycles. The lowest BCUT2D eigenvalue weighted by atomic mass is 9.83. The normalized spacial score (nSPS) is 11.7. The van der Waals surface area contributed by atoms with Gasteiger partial charge in [0.05, 0.1) is 0 Å². The monoisotopic (exact) mass is 170 g/mol. The second-order valence-corrected chi connectivity index (χ2v) is 4.12. The first kappa shape index (κ1) is 11.7. The van der Waals surface area contributed by atoms with E-state index in [9.17, 15) is 4.79 Å². The zero-order valence-electron chi connectivity index (χ0n) is 8.94. The van der Waals surface area contributed by atoms with Crippen LogP contribution in [0.4, 0.5) is 0 Å². The maximum absolute atomic E-state index is 11.6. The fraction of sp³-hybridized carbons (Fsp3) is 0.909. The van der Waals surface area contributed by atoms with Crippen LogP contribution in [0, 0.1) is 5.41 Å². The van der Waals surface area contributed by atoms with E-state index in [1.54, 1.807) is 0 Å². The van der Waals surface area contributed by atoms with Crippen molar-refractivity contribution in [2.75, 3.05) is 0 Å². The third-order valence-corrected chi connectivity index (χ3v) is 2.65. The van der Waals surface area contributed by atoms with Gasteiger partial charge < -0.3 is 0 Å². The highest BCUT2D eigenvalue weighted by molar-refractivity contribution is 5.83. The van der Waals surface area contributed by atoms with Gasteiger partial charge in [-0.25, -0.2) is 0 Å². The van der Waals surface area contributed by atoms with Gasteiger partial charge in [-0.15, -0.1) is 0 Å². The molecule has 0 amide bonds. The Morgan fingerprint density at radius 3 is 2.17 bits per heavy atom. The summed E-state index contributed by atoms with van der Waals surface area (Å²) in [6.45, 7) is 8.33.